The Balaban J connectivity index is 2.46. The fourth-order valence-corrected chi connectivity index (χ4v) is 1.12. The lowest BCUT2D eigenvalue weighted by Gasteiger charge is -2.06. The first kappa shape index (κ1) is 13.0. The maximum Gasteiger partial charge on any atom is 0.313 e. The molecule has 0 saturated heterocycles. The standard InChI is InChI=1S/C11H14N2O4/c1-17-6-5-12-10(15)11(16)13-8-3-2-4-9(14)7-8/h2-4,7,14H,5-6H2,1H3,(H,12,15)(H,13,16). The van der Waals surface area contributed by atoms with Crippen LogP contribution in [0.25, 0.3) is 0 Å². The molecule has 0 saturated carbocycles. The highest BCUT2D eigenvalue weighted by atomic mass is 16.5. The third-order valence-corrected chi connectivity index (χ3v) is 1.90. The molecule has 0 spiro atoms. The summed E-state index contributed by atoms with van der Waals surface area (Å²) in [5.74, 6) is -1.51. The highest BCUT2D eigenvalue weighted by Gasteiger charge is 2.12. The monoisotopic (exact) mass is 238 g/mol. The average molecular weight is 238 g/mol. The molecule has 0 aliphatic heterocycles. The number of ether oxygens (including phenoxy) is 1. The van der Waals surface area contributed by atoms with Crippen LogP contribution < -0.4 is 10.6 Å². The lowest BCUT2D eigenvalue weighted by atomic mass is 10.3. The minimum absolute atomic E-state index is 0.0163. The van der Waals surface area contributed by atoms with Gasteiger partial charge in [0.05, 0.1) is 6.61 Å². The van der Waals surface area contributed by atoms with Crippen LogP contribution in [-0.4, -0.2) is 37.2 Å². The van der Waals surface area contributed by atoms with Gasteiger partial charge in [-0.1, -0.05) is 6.07 Å². The number of hydrogen-bond acceptors (Lipinski definition) is 4. The second kappa shape index (κ2) is 6.49. The zero-order valence-electron chi connectivity index (χ0n) is 9.40. The summed E-state index contributed by atoms with van der Waals surface area (Å²) in [5, 5.41) is 13.9. The Labute approximate surface area is 98.6 Å². The summed E-state index contributed by atoms with van der Waals surface area (Å²) in [6.07, 6.45) is 0. The quantitative estimate of drug-likeness (QED) is 0.512. The maximum atomic E-state index is 11.4. The first-order chi connectivity index (χ1) is 8.13. The fraction of sp³-hybridized carbons (Fsp3) is 0.273. The molecule has 3 N–H and O–H groups in total. The molecule has 6 heteroatoms. The molecule has 92 valence electrons. The molecule has 0 bridgehead atoms. The van der Waals surface area contributed by atoms with Crippen molar-refractivity contribution in [3.8, 4) is 5.75 Å². The van der Waals surface area contributed by atoms with Gasteiger partial charge in [0, 0.05) is 25.4 Å². The second-order valence-corrected chi connectivity index (χ2v) is 3.25. The van der Waals surface area contributed by atoms with Crippen LogP contribution in [0.15, 0.2) is 24.3 Å². The summed E-state index contributed by atoms with van der Waals surface area (Å²) >= 11 is 0. The number of anilines is 1. The van der Waals surface area contributed by atoms with Crippen molar-refractivity contribution >= 4 is 17.5 Å². The van der Waals surface area contributed by atoms with Gasteiger partial charge < -0.3 is 20.5 Å². The number of amides is 2. The molecule has 0 heterocycles. The zero-order valence-corrected chi connectivity index (χ0v) is 9.40. The number of aromatic hydroxyl groups is 1. The Morgan fingerprint density at radius 1 is 1.35 bits per heavy atom. The second-order valence-electron chi connectivity index (χ2n) is 3.25. The third-order valence-electron chi connectivity index (χ3n) is 1.90. The molecule has 1 aromatic carbocycles. The van der Waals surface area contributed by atoms with Crippen molar-refractivity contribution in [1.82, 2.24) is 5.32 Å². The number of nitrogens with one attached hydrogen (secondary N) is 2. The molecule has 0 radical (unpaired) electrons. The summed E-state index contributed by atoms with van der Waals surface area (Å²) in [7, 11) is 1.50. The van der Waals surface area contributed by atoms with E-state index >= 15 is 0 Å². The molecule has 0 aromatic heterocycles. The molecule has 6 nitrogen and oxygen atoms in total. The minimum Gasteiger partial charge on any atom is -0.508 e. The van der Waals surface area contributed by atoms with E-state index in [4.69, 9.17) is 9.84 Å². The molecule has 0 fully saturated rings. The third kappa shape index (κ3) is 4.52. The van der Waals surface area contributed by atoms with Gasteiger partial charge in [0.25, 0.3) is 0 Å². The van der Waals surface area contributed by atoms with E-state index in [2.05, 4.69) is 10.6 Å². The predicted molar refractivity (Wildman–Crippen MR) is 61.6 cm³/mol. The molecule has 2 amide bonds. The molecule has 0 unspecified atom stereocenters. The summed E-state index contributed by atoms with van der Waals surface area (Å²) in [6.45, 7) is 0.605. The number of carbonyl (C=O) groups is 2. The summed E-state index contributed by atoms with van der Waals surface area (Å²) in [6, 6.07) is 5.95. The van der Waals surface area contributed by atoms with E-state index in [1.54, 1.807) is 12.1 Å². The molecule has 1 aromatic rings. The Hall–Kier alpha value is -2.08. The molecular formula is C11H14N2O4. The highest BCUT2D eigenvalue weighted by Crippen LogP contribution is 2.14. The number of phenolic OH excluding ortho intramolecular Hbond substituents is 1. The van der Waals surface area contributed by atoms with E-state index < -0.39 is 11.8 Å². The Bertz CT molecular complexity index is 406. The normalized spacial score (nSPS) is 9.71. The van der Waals surface area contributed by atoms with Crippen LogP contribution in [0.2, 0.25) is 0 Å². The molecule has 0 atom stereocenters. The number of phenols is 1. The largest absolute Gasteiger partial charge is 0.508 e. The first-order valence-corrected chi connectivity index (χ1v) is 5.00. The molecule has 1 rings (SSSR count). The number of benzene rings is 1. The summed E-state index contributed by atoms with van der Waals surface area (Å²) in [4.78, 5) is 22.6. The van der Waals surface area contributed by atoms with E-state index in [1.165, 1.54) is 19.2 Å². The van der Waals surface area contributed by atoms with Gasteiger partial charge in [0.15, 0.2) is 0 Å². The first-order valence-electron chi connectivity index (χ1n) is 5.00. The van der Waals surface area contributed by atoms with Gasteiger partial charge >= 0.3 is 11.8 Å². The van der Waals surface area contributed by atoms with Crippen LogP contribution in [0.4, 0.5) is 5.69 Å². The van der Waals surface area contributed by atoms with Crippen LogP contribution >= 0.6 is 0 Å². The van der Waals surface area contributed by atoms with E-state index in [-0.39, 0.29) is 12.3 Å². The van der Waals surface area contributed by atoms with Crippen molar-refractivity contribution in [3.05, 3.63) is 24.3 Å². The van der Waals surface area contributed by atoms with Gasteiger partial charge in [-0.3, -0.25) is 9.59 Å². The Morgan fingerprint density at radius 3 is 2.76 bits per heavy atom. The highest BCUT2D eigenvalue weighted by molar-refractivity contribution is 6.39. The smallest absolute Gasteiger partial charge is 0.313 e. The van der Waals surface area contributed by atoms with Gasteiger partial charge in [-0.05, 0) is 12.1 Å². The van der Waals surface area contributed by atoms with Crippen molar-refractivity contribution in [2.75, 3.05) is 25.6 Å². The van der Waals surface area contributed by atoms with Crippen LogP contribution in [0.5, 0.6) is 5.75 Å². The van der Waals surface area contributed by atoms with Crippen molar-refractivity contribution in [2.24, 2.45) is 0 Å². The van der Waals surface area contributed by atoms with Gasteiger partial charge in [0.2, 0.25) is 0 Å². The van der Waals surface area contributed by atoms with Crippen LogP contribution in [0.1, 0.15) is 0 Å². The van der Waals surface area contributed by atoms with Crippen LogP contribution in [0.3, 0.4) is 0 Å². The predicted octanol–water partition coefficient (Wildman–Crippen LogP) is 0.0933. The van der Waals surface area contributed by atoms with Crippen molar-refractivity contribution in [2.45, 2.75) is 0 Å². The van der Waals surface area contributed by atoms with E-state index in [0.29, 0.717) is 12.3 Å². The molecule has 17 heavy (non-hydrogen) atoms. The Kier molecular flexibility index (Phi) is 4.96. The zero-order chi connectivity index (χ0) is 12.7. The van der Waals surface area contributed by atoms with E-state index in [0.717, 1.165) is 0 Å². The van der Waals surface area contributed by atoms with Gasteiger partial charge in [0.1, 0.15) is 5.75 Å². The number of rotatable bonds is 4. The number of methoxy groups -OCH3 is 1. The average Bonchev–Trinajstić information content (AvgIpc) is 2.29. The van der Waals surface area contributed by atoms with E-state index in [1.807, 2.05) is 0 Å². The summed E-state index contributed by atoms with van der Waals surface area (Å²) < 4.78 is 4.73. The van der Waals surface area contributed by atoms with Gasteiger partial charge in [-0.25, -0.2) is 0 Å². The molecule has 0 aliphatic carbocycles. The van der Waals surface area contributed by atoms with Crippen LogP contribution in [0, 0.1) is 0 Å². The van der Waals surface area contributed by atoms with Crippen LogP contribution in [-0.2, 0) is 14.3 Å². The van der Waals surface area contributed by atoms with Crippen molar-refractivity contribution in [1.29, 1.82) is 0 Å². The van der Waals surface area contributed by atoms with Crippen molar-refractivity contribution in [3.63, 3.8) is 0 Å². The minimum atomic E-state index is -0.785. The number of hydrogen-bond donors (Lipinski definition) is 3. The number of carbonyl (C=O) groups excluding carboxylic acids is 2. The molecule has 0 aliphatic rings. The topological polar surface area (TPSA) is 87.7 Å². The maximum absolute atomic E-state index is 11.4. The van der Waals surface area contributed by atoms with Gasteiger partial charge in [-0.2, -0.15) is 0 Å². The van der Waals surface area contributed by atoms with E-state index in [9.17, 15) is 9.59 Å². The Morgan fingerprint density at radius 2 is 2.12 bits per heavy atom. The SMILES string of the molecule is COCCNC(=O)C(=O)Nc1cccc(O)c1. The lowest BCUT2D eigenvalue weighted by molar-refractivity contribution is -0.136. The molecular weight excluding hydrogens is 224 g/mol. The summed E-state index contributed by atoms with van der Waals surface area (Å²) in [5.41, 5.74) is 0.358. The van der Waals surface area contributed by atoms with Gasteiger partial charge in [-0.15, -0.1) is 0 Å². The van der Waals surface area contributed by atoms with Crippen molar-refractivity contribution < 1.29 is 19.4 Å². The lowest BCUT2D eigenvalue weighted by Crippen LogP contribution is -2.37. The fourth-order valence-electron chi connectivity index (χ4n) is 1.12.